The minimum atomic E-state index is -0.281. The van der Waals surface area contributed by atoms with Gasteiger partial charge in [-0.1, -0.05) is 55.5 Å². The van der Waals surface area contributed by atoms with Crippen LogP contribution >= 0.6 is 11.3 Å². The fourth-order valence-corrected chi connectivity index (χ4v) is 3.36. The van der Waals surface area contributed by atoms with Gasteiger partial charge in [0.25, 0.3) is 5.91 Å². The summed E-state index contributed by atoms with van der Waals surface area (Å²) in [5, 5.41) is 7.73. The highest BCUT2D eigenvalue weighted by atomic mass is 32.1. The number of benzene rings is 2. The topological polar surface area (TPSA) is 71.1 Å². The Kier molecular flexibility index (Phi) is 6.33. The normalized spacial score (nSPS) is 10.4. The molecule has 6 heteroatoms. The van der Waals surface area contributed by atoms with Crippen LogP contribution < -0.4 is 10.6 Å². The van der Waals surface area contributed by atoms with Crippen LogP contribution in [0.3, 0.4) is 0 Å². The number of thiazole rings is 1. The van der Waals surface area contributed by atoms with Gasteiger partial charge in [-0.3, -0.25) is 9.59 Å². The zero-order chi connectivity index (χ0) is 19.1. The van der Waals surface area contributed by atoms with Crippen molar-refractivity contribution < 1.29 is 9.59 Å². The number of rotatable bonds is 7. The van der Waals surface area contributed by atoms with Crippen LogP contribution in [-0.2, 0) is 17.6 Å². The molecular weight excluding hydrogens is 358 g/mol. The van der Waals surface area contributed by atoms with Gasteiger partial charge in [0.15, 0.2) is 5.13 Å². The summed E-state index contributed by atoms with van der Waals surface area (Å²) in [6.45, 7) is 2.04. The van der Waals surface area contributed by atoms with Crippen LogP contribution in [0.5, 0.6) is 0 Å². The van der Waals surface area contributed by atoms with Crippen molar-refractivity contribution in [2.45, 2.75) is 26.2 Å². The zero-order valence-corrected chi connectivity index (χ0v) is 15.9. The van der Waals surface area contributed by atoms with Crippen LogP contribution in [-0.4, -0.2) is 16.8 Å². The van der Waals surface area contributed by atoms with Gasteiger partial charge in [-0.2, -0.15) is 0 Å². The Labute approximate surface area is 162 Å². The summed E-state index contributed by atoms with van der Waals surface area (Å²) in [6.07, 6.45) is 1.87. The van der Waals surface area contributed by atoms with Crippen molar-refractivity contribution in [3.63, 3.8) is 0 Å². The number of anilines is 2. The van der Waals surface area contributed by atoms with Gasteiger partial charge in [0.05, 0.1) is 0 Å². The average molecular weight is 379 g/mol. The Morgan fingerprint density at radius 1 is 1.00 bits per heavy atom. The van der Waals surface area contributed by atoms with Crippen LogP contribution in [0.1, 0.15) is 35.0 Å². The lowest BCUT2D eigenvalue weighted by molar-refractivity contribution is -0.116. The molecule has 2 amide bonds. The fourth-order valence-electron chi connectivity index (χ4n) is 2.66. The fraction of sp³-hybridized carbons (Fsp3) is 0.190. The first-order chi connectivity index (χ1) is 13.2. The third-order valence-electron chi connectivity index (χ3n) is 4.11. The summed E-state index contributed by atoms with van der Waals surface area (Å²) in [5.41, 5.74) is 3.26. The van der Waals surface area contributed by atoms with E-state index in [1.807, 2.05) is 61.5 Å². The molecule has 27 heavy (non-hydrogen) atoms. The van der Waals surface area contributed by atoms with E-state index in [0.29, 0.717) is 23.7 Å². The van der Waals surface area contributed by atoms with Crippen LogP contribution in [0.2, 0.25) is 0 Å². The van der Waals surface area contributed by atoms with Gasteiger partial charge in [0, 0.05) is 17.5 Å². The van der Waals surface area contributed by atoms with Crippen molar-refractivity contribution >= 4 is 34.0 Å². The quantitative estimate of drug-likeness (QED) is 0.634. The zero-order valence-electron chi connectivity index (χ0n) is 15.1. The number of carbonyl (C=O) groups excluding carboxylic acids is 2. The van der Waals surface area contributed by atoms with Gasteiger partial charge < -0.3 is 10.6 Å². The van der Waals surface area contributed by atoms with Crippen molar-refractivity contribution in [3.05, 3.63) is 76.8 Å². The van der Waals surface area contributed by atoms with E-state index in [-0.39, 0.29) is 11.8 Å². The van der Waals surface area contributed by atoms with Crippen molar-refractivity contribution in [2.75, 3.05) is 10.6 Å². The first-order valence-electron chi connectivity index (χ1n) is 8.84. The largest absolute Gasteiger partial charge is 0.320 e. The first kappa shape index (κ1) is 18.8. The minimum absolute atomic E-state index is 0.114. The Morgan fingerprint density at radius 3 is 2.52 bits per heavy atom. The van der Waals surface area contributed by atoms with E-state index in [2.05, 4.69) is 15.6 Å². The first-order valence-corrected chi connectivity index (χ1v) is 9.72. The standard InChI is InChI=1S/C21H21N3O2S/c1-2-16-10-6-7-11-17(16)22-20(26)18-14-27-21(23-18)24-19(25)13-12-15-8-4-3-5-9-15/h3-11,14H,2,12-13H2,1H3,(H,22,26)(H,23,24,25). The molecule has 3 aromatic rings. The van der Waals surface area contributed by atoms with E-state index < -0.39 is 0 Å². The number of nitrogens with zero attached hydrogens (tertiary/aromatic N) is 1. The molecule has 0 saturated heterocycles. The van der Waals surface area contributed by atoms with Crippen molar-refractivity contribution in [1.82, 2.24) is 4.98 Å². The second-order valence-corrected chi connectivity index (χ2v) is 6.89. The van der Waals surface area contributed by atoms with Crippen molar-refractivity contribution in [1.29, 1.82) is 0 Å². The lowest BCUT2D eigenvalue weighted by Gasteiger charge is -2.08. The van der Waals surface area contributed by atoms with E-state index in [4.69, 9.17) is 0 Å². The molecule has 3 rings (SSSR count). The number of amides is 2. The molecule has 0 fully saturated rings. The Balaban J connectivity index is 1.56. The second kappa shape index (κ2) is 9.09. The van der Waals surface area contributed by atoms with Gasteiger partial charge in [-0.05, 0) is 30.0 Å². The summed E-state index contributed by atoms with van der Waals surface area (Å²) in [6, 6.07) is 17.5. The van der Waals surface area contributed by atoms with E-state index in [0.717, 1.165) is 23.2 Å². The van der Waals surface area contributed by atoms with Gasteiger partial charge in [-0.15, -0.1) is 11.3 Å². The number of hydrogen-bond acceptors (Lipinski definition) is 4. The number of hydrogen-bond donors (Lipinski definition) is 2. The van der Waals surface area contributed by atoms with Crippen LogP contribution in [0.4, 0.5) is 10.8 Å². The molecular formula is C21H21N3O2S. The van der Waals surface area contributed by atoms with Crippen molar-refractivity contribution in [3.8, 4) is 0 Å². The molecule has 0 aliphatic rings. The summed E-state index contributed by atoms with van der Waals surface area (Å²) >= 11 is 1.24. The number of aromatic nitrogens is 1. The predicted molar refractivity (Wildman–Crippen MR) is 109 cm³/mol. The Bertz CT molecular complexity index is 922. The molecule has 2 aromatic carbocycles. The summed E-state index contributed by atoms with van der Waals surface area (Å²) in [5.74, 6) is -0.395. The molecule has 0 radical (unpaired) electrons. The number of carbonyl (C=O) groups is 2. The molecule has 0 atom stereocenters. The smallest absolute Gasteiger partial charge is 0.275 e. The van der Waals surface area contributed by atoms with Crippen LogP contribution in [0.15, 0.2) is 60.0 Å². The number of aryl methyl sites for hydroxylation is 2. The SMILES string of the molecule is CCc1ccccc1NC(=O)c1csc(NC(=O)CCc2ccccc2)n1. The maximum Gasteiger partial charge on any atom is 0.275 e. The molecule has 2 N–H and O–H groups in total. The van der Waals surface area contributed by atoms with Crippen LogP contribution in [0.25, 0.3) is 0 Å². The van der Waals surface area contributed by atoms with Gasteiger partial charge in [0.1, 0.15) is 5.69 Å². The molecule has 0 spiro atoms. The highest BCUT2D eigenvalue weighted by molar-refractivity contribution is 7.14. The Hall–Kier alpha value is -2.99. The average Bonchev–Trinajstić information content (AvgIpc) is 3.16. The van der Waals surface area contributed by atoms with Gasteiger partial charge in [0.2, 0.25) is 5.91 Å². The van der Waals surface area contributed by atoms with Crippen molar-refractivity contribution in [2.24, 2.45) is 0 Å². The molecule has 0 aliphatic carbocycles. The van der Waals surface area contributed by atoms with E-state index in [9.17, 15) is 9.59 Å². The molecule has 138 valence electrons. The summed E-state index contributed by atoms with van der Waals surface area (Å²) in [7, 11) is 0. The highest BCUT2D eigenvalue weighted by Crippen LogP contribution is 2.20. The van der Waals surface area contributed by atoms with E-state index in [1.165, 1.54) is 11.3 Å². The summed E-state index contributed by atoms with van der Waals surface area (Å²) in [4.78, 5) is 28.7. The van der Waals surface area contributed by atoms with E-state index in [1.54, 1.807) is 5.38 Å². The van der Waals surface area contributed by atoms with Gasteiger partial charge >= 0.3 is 0 Å². The highest BCUT2D eigenvalue weighted by Gasteiger charge is 2.14. The second-order valence-electron chi connectivity index (χ2n) is 6.04. The summed E-state index contributed by atoms with van der Waals surface area (Å²) < 4.78 is 0. The third kappa shape index (κ3) is 5.24. The molecule has 0 saturated carbocycles. The monoisotopic (exact) mass is 379 g/mol. The molecule has 0 unspecified atom stereocenters. The molecule has 1 aromatic heterocycles. The lowest BCUT2D eigenvalue weighted by Crippen LogP contribution is -2.15. The maximum atomic E-state index is 12.4. The number of para-hydroxylation sites is 1. The molecule has 1 heterocycles. The Morgan fingerprint density at radius 2 is 1.74 bits per heavy atom. The third-order valence-corrected chi connectivity index (χ3v) is 4.87. The molecule has 0 aliphatic heterocycles. The number of nitrogens with one attached hydrogen (secondary N) is 2. The van der Waals surface area contributed by atoms with E-state index >= 15 is 0 Å². The molecule has 5 nitrogen and oxygen atoms in total. The predicted octanol–water partition coefficient (Wildman–Crippen LogP) is 4.53. The van der Waals surface area contributed by atoms with Crippen LogP contribution in [0, 0.1) is 0 Å². The molecule has 0 bridgehead atoms. The lowest BCUT2D eigenvalue weighted by atomic mass is 10.1. The maximum absolute atomic E-state index is 12.4. The minimum Gasteiger partial charge on any atom is -0.320 e. The van der Waals surface area contributed by atoms with Gasteiger partial charge in [-0.25, -0.2) is 4.98 Å².